The van der Waals surface area contributed by atoms with E-state index < -0.39 is 23.9 Å². The third-order valence-electron chi connectivity index (χ3n) is 6.47. The van der Waals surface area contributed by atoms with Gasteiger partial charge >= 0.3 is 6.09 Å². The summed E-state index contributed by atoms with van der Waals surface area (Å²) in [5.74, 6) is 0. The molecule has 4 heterocycles. The highest BCUT2D eigenvalue weighted by molar-refractivity contribution is 7.19. The van der Waals surface area contributed by atoms with Gasteiger partial charge in [-0.1, -0.05) is 11.6 Å². The van der Waals surface area contributed by atoms with Crippen LogP contribution >= 0.6 is 22.9 Å². The minimum atomic E-state index is -1.20. The number of pyridine rings is 1. The first-order chi connectivity index (χ1) is 16.6. The second-order valence-electron chi connectivity index (χ2n) is 10.2. The SMILES string of the molecule is CC(C)(C)OC(=O)N1C[C@@H](F)[C@H](N2CCCc3cc(Cl)cc(-c4ccnc5cc(CO)sc45)c32)C1. The molecule has 186 valence electrons. The molecule has 6 nitrogen and oxygen atoms in total. The van der Waals surface area contributed by atoms with Crippen LogP contribution in [0.1, 0.15) is 37.6 Å². The molecule has 0 bridgehead atoms. The summed E-state index contributed by atoms with van der Waals surface area (Å²) in [6.07, 6.45) is 1.80. The van der Waals surface area contributed by atoms with Crippen molar-refractivity contribution in [2.75, 3.05) is 24.5 Å². The van der Waals surface area contributed by atoms with Crippen LogP contribution in [-0.2, 0) is 17.8 Å². The number of amides is 1. The van der Waals surface area contributed by atoms with Gasteiger partial charge in [0.1, 0.15) is 11.8 Å². The molecule has 35 heavy (non-hydrogen) atoms. The summed E-state index contributed by atoms with van der Waals surface area (Å²) < 4.78 is 21.9. The van der Waals surface area contributed by atoms with Crippen LogP contribution in [0.4, 0.5) is 14.9 Å². The number of benzene rings is 1. The summed E-state index contributed by atoms with van der Waals surface area (Å²) in [4.78, 5) is 21.6. The first kappa shape index (κ1) is 24.3. The molecule has 9 heteroatoms. The van der Waals surface area contributed by atoms with Gasteiger partial charge in [0.15, 0.2) is 0 Å². The molecule has 2 aromatic heterocycles. The zero-order valence-corrected chi connectivity index (χ0v) is 21.6. The number of halogens is 2. The van der Waals surface area contributed by atoms with Gasteiger partial charge in [0.05, 0.1) is 29.4 Å². The number of rotatable bonds is 3. The van der Waals surface area contributed by atoms with Crippen LogP contribution in [0.15, 0.2) is 30.5 Å². The second-order valence-corrected chi connectivity index (χ2v) is 11.7. The van der Waals surface area contributed by atoms with Crippen LogP contribution in [0.25, 0.3) is 21.3 Å². The van der Waals surface area contributed by atoms with Crippen molar-refractivity contribution in [3.63, 3.8) is 0 Å². The number of aliphatic hydroxyl groups is 1. The number of carbonyl (C=O) groups excluding carboxylic acids is 1. The number of aromatic nitrogens is 1. The number of alkyl halides is 1. The predicted octanol–water partition coefficient (Wildman–Crippen LogP) is 5.82. The Labute approximate surface area is 213 Å². The van der Waals surface area contributed by atoms with Gasteiger partial charge in [0, 0.05) is 46.0 Å². The summed E-state index contributed by atoms with van der Waals surface area (Å²) in [5, 5.41) is 10.3. The molecule has 1 saturated heterocycles. The lowest BCUT2D eigenvalue weighted by Gasteiger charge is -2.38. The molecule has 2 aliphatic rings. The van der Waals surface area contributed by atoms with E-state index in [-0.39, 0.29) is 19.7 Å². The number of hydrogen-bond donors (Lipinski definition) is 1. The predicted molar refractivity (Wildman–Crippen MR) is 138 cm³/mol. The minimum absolute atomic E-state index is 0.0125. The molecular formula is C26H29ClFN3O3S. The first-order valence-corrected chi connectivity index (χ1v) is 13.0. The Kier molecular flexibility index (Phi) is 6.40. The molecule has 1 N–H and O–H groups in total. The number of aryl methyl sites for hydroxylation is 1. The molecule has 0 spiro atoms. The van der Waals surface area contributed by atoms with E-state index in [9.17, 15) is 9.90 Å². The smallest absolute Gasteiger partial charge is 0.410 e. The third kappa shape index (κ3) is 4.71. The van der Waals surface area contributed by atoms with Crippen molar-refractivity contribution < 1.29 is 19.0 Å². The number of aliphatic hydroxyl groups excluding tert-OH is 1. The van der Waals surface area contributed by atoms with Crippen molar-refractivity contribution in [2.24, 2.45) is 0 Å². The number of nitrogens with zero attached hydrogens (tertiary/aromatic N) is 3. The van der Waals surface area contributed by atoms with Crippen molar-refractivity contribution in [3.8, 4) is 11.1 Å². The first-order valence-electron chi connectivity index (χ1n) is 11.8. The molecule has 0 saturated carbocycles. The Morgan fingerprint density at radius 1 is 1.29 bits per heavy atom. The van der Waals surface area contributed by atoms with Crippen LogP contribution < -0.4 is 4.90 Å². The van der Waals surface area contributed by atoms with Crippen molar-refractivity contribution in [1.82, 2.24) is 9.88 Å². The molecular weight excluding hydrogens is 489 g/mol. The average Bonchev–Trinajstić information content (AvgIpc) is 3.40. The zero-order valence-electron chi connectivity index (χ0n) is 20.1. The van der Waals surface area contributed by atoms with Crippen molar-refractivity contribution in [3.05, 3.63) is 45.9 Å². The molecule has 1 aromatic carbocycles. The van der Waals surface area contributed by atoms with Crippen molar-refractivity contribution >= 4 is 44.9 Å². The fraction of sp³-hybridized carbons (Fsp3) is 0.462. The van der Waals surface area contributed by atoms with Gasteiger partial charge in [-0.25, -0.2) is 9.18 Å². The fourth-order valence-electron chi connectivity index (χ4n) is 5.07. The van der Waals surface area contributed by atoms with Gasteiger partial charge < -0.3 is 19.6 Å². The largest absolute Gasteiger partial charge is 0.444 e. The monoisotopic (exact) mass is 517 g/mol. The molecule has 2 aliphatic heterocycles. The summed E-state index contributed by atoms with van der Waals surface area (Å²) in [7, 11) is 0. The number of anilines is 1. The number of ether oxygens (including phenoxy) is 1. The highest BCUT2D eigenvalue weighted by atomic mass is 35.5. The lowest BCUT2D eigenvalue weighted by atomic mass is 9.92. The lowest BCUT2D eigenvalue weighted by molar-refractivity contribution is 0.0283. The zero-order chi connectivity index (χ0) is 24.9. The summed E-state index contributed by atoms with van der Waals surface area (Å²) in [6, 6.07) is 7.26. The Balaban J connectivity index is 1.56. The van der Waals surface area contributed by atoms with E-state index >= 15 is 4.39 Å². The number of carbonyl (C=O) groups is 1. The van der Waals surface area contributed by atoms with Crippen LogP contribution in [0, 0.1) is 0 Å². The Hall–Kier alpha value is -2.42. The van der Waals surface area contributed by atoms with Gasteiger partial charge in [-0.3, -0.25) is 4.98 Å². The maximum atomic E-state index is 15.5. The standard InChI is InChI=1S/C26H29ClFN3O3S/c1-26(2,3)34-25(33)30-12-20(28)22(13-30)31-8-4-5-15-9-16(27)10-19(23(15)31)18-6-7-29-21-11-17(14-32)35-24(18)21/h6-7,9-11,20,22,32H,4-5,8,12-14H2,1-3H3/t20-,22-/m1/s1. The third-order valence-corrected chi connectivity index (χ3v) is 7.83. The molecule has 3 aromatic rings. The normalized spacial score (nSPS) is 20.4. The van der Waals surface area contributed by atoms with E-state index in [4.69, 9.17) is 16.3 Å². The molecule has 1 amide bonds. The Morgan fingerprint density at radius 3 is 2.83 bits per heavy atom. The summed E-state index contributed by atoms with van der Waals surface area (Å²) in [5.41, 5.74) is 4.10. The van der Waals surface area contributed by atoms with Crippen LogP contribution in [0.2, 0.25) is 5.02 Å². The van der Waals surface area contributed by atoms with E-state index in [1.807, 2.05) is 45.0 Å². The maximum absolute atomic E-state index is 15.5. The molecule has 1 fully saturated rings. The van der Waals surface area contributed by atoms with Crippen LogP contribution in [0.5, 0.6) is 0 Å². The van der Waals surface area contributed by atoms with E-state index in [1.54, 1.807) is 6.20 Å². The number of thiophene rings is 1. The van der Waals surface area contributed by atoms with Gasteiger partial charge in [0.25, 0.3) is 0 Å². The van der Waals surface area contributed by atoms with E-state index in [0.717, 1.165) is 50.3 Å². The average molecular weight is 518 g/mol. The lowest BCUT2D eigenvalue weighted by Crippen LogP contribution is -2.45. The minimum Gasteiger partial charge on any atom is -0.444 e. The Bertz CT molecular complexity index is 1270. The van der Waals surface area contributed by atoms with Crippen molar-refractivity contribution in [1.29, 1.82) is 0 Å². The topological polar surface area (TPSA) is 65.9 Å². The fourth-order valence-corrected chi connectivity index (χ4v) is 6.31. The second kappa shape index (κ2) is 9.22. The highest BCUT2D eigenvalue weighted by Gasteiger charge is 2.42. The number of likely N-dealkylation sites (tertiary alicyclic amines) is 1. The van der Waals surface area contributed by atoms with E-state index in [2.05, 4.69) is 9.88 Å². The summed E-state index contributed by atoms with van der Waals surface area (Å²) in [6.45, 7) is 6.34. The van der Waals surface area contributed by atoms with Gasteiger partial charge in [-0.2, -0.15) is 0 Å². The van der Waals surface area contributed by atoms with Gasteiger partial charge in [-0.15, -0.1) is 11.3 Å². The van der Waals surface area contributed by atoms with E-state index in [1.165, 1.54) is 16.2 Å². The maximum Gasteiger partial charge on any atom is 0.410 e. The summed E-state index contributed by atoms with van der Waals surface area (Å²) >= 11 is 8.06. The molecule has 0 radical (unpaired) electrons. The Morgan fingerprint density at radius 2 is 2.09 bits per heavy atom. The van der Waals surface area contributed by atoms with E-state index in [0.29, 0.717) is 11.6 Å². The number of fused-ring (bicyclic) bond motifs is 2. The van der Waals surface area contributed by atoms with Crippen molar-refractivity contribution in [2.45, 2.75) is 58.0 Å². The van der Waals surface area contributed by atoms with Gasteiger partial charge in [0.2, 0.25) is 0 Å². The van der Waals surface area contributed by atoms with Gasteiger partial charge in [-0.05, 0) is 63.4 Å². The molecule has 5 rings (SSSR count). The number of hydrogen-bond acceptors (Lipinski definition) is 6. The van der Waals surface area contributed by atoms with Crippen LogP contribution in [-0.4, -0.2) is 58.5 Å². The quantitative estimate of drug-likeness (QED) is 0.474. The van der Waals surface area contributed by atoms with Crippen LogP contribution in [0.3, 0.4) is 0 Å². The molecule has 2 atom stereocenters. The highest BCUT2D eigenvalue weighted by Crippen LogP contribution is 2.45. The molecule has 0 aliphatic carbocycles. The molecule has 0 unspecified atom stereocenters.